The molecule has 3 rings (SSSR count). The first-order valence-electron chi connectivity index (χ1n) is 7.50. The summed E-state index contributed by atoms with van der Waals surface area (Å²) in [6.07, 6.45) is 1.67. The van der Waals surface area contributed by atoms with Crippen LogP contribution in [0.1, 0.15) is 12.8 Å². The maximum atomic E-state index is 11.9. The van der Waals surface area contributed by atoms with E-state index in [2.05, 4.69) is 10.6 Å². The number of ether oxygens (including phenoxy) is 2. The Bertz CT molecular complexity index is 607. The number of methoxy groups -OCH3 is 1. The molecular weight excluding hydrogens is 320 g/mol. The molecule has 2 fully saturated rings. The van der Waals surface area contributed by atoms with Crippen molar-refractivity contribution in [2.75, 3.05) is 20.3 Å². The van der Waals surface area contributed by atoms with Crippen molar-refractivity contribution in [3.63, 3.8) is 0 Å². The van der Waals surface area contributed by atoms with Gasteiger partial charge in [-0.25, -0.2) is 0 Å². The molecule has 1 aromatic carbocycles. The first-order chi connectivity index (χ1) is 11.0. The van der Waals surface area contributed by atoms with Crippen molar-refractivity contribution in [2.45, 2.75) is 24.4 Å². The highest BCUT2D eigenvalue weighted by atomic mass is 35.5. The van der Waals surface area contributed by atoms with Crippen molar-refractivity contribution in [3.05, 3.63) is 29.3 Å². The molecule has 7 heteroatoms. The van der Waals surface area contributed by atoms with Gasteiger partial charge in [0.15, 0.2) is 6.61 Å². The van der Waals surface area contributed by atoms with Crippen LogP contribution in [-0.4, -0.2) is 43.7 Å². The number of nitrogens with one attached hydrogen (secondary N) is 2. The lowest BCUT2D eigenvalue weighted by Crippen LogP contribution is -2.56. The number of amides is 2. The molecule has 0 spiro atoms. The fourth-order valence-corrected chi connectivity index (χ4v) is 3.32. The van der Waals surface area contributed by atoms with Crippen LogP contribution in [0, 0.1) is 5.92 Å². The maximum Gasteiger partial charge on any atom is 0.258 e. The summed E-state index contributed by atoms with van der Waals surface area (Å²) in [5.41, 5.74) is -0.120. The molecule has 0 heterocycles. The predicted molar refractivity (Wildman–Crippen MR) is 84.4 cm³/mol. The van der Waals surface area contributed by atoms with Gasteiger partial charge in [0.1, 0.15) is 12.4 Å². The van der Waals surface area contributed by atoms with Crippen LogP contribution >= 0.6 is 11.6 Å². The van der Waals surface area contributed by atoms with E-state index in [1.807, 2.05) is 0 Å². The summed E-state index contributed by atoms with van der Waals surface area (Å²) in [5.74, 6) is 0.660. The number of carbonyl (C=O) groups is 2. The summed E-state index contributed by atoms with van der Waals surface area (Å²) in [7, 11) is 1.49. The van der Waals surface area contributed by atoms with E-state index in [4.69, 9.17) is 21.1 Å². The highest BCUT2D eigenvalue weighted by Gasteiger charge is 2.68. The lowest BCUT2D eigenvalue weighted by molar-refractivity contribution is -0.126. The van der Waals surface area contributed by atoms with Gasteiger partial charge in [-0.1, -0.05) is 11.6 Å². The standard InChI is InChI=1S/C16H19ClN2O4/c1-22-8-15(21)19-16-6-12(16)13(7-16)18-14(20)9-23-11-4-2-10(17)3-5-11/h2-5,12-13H,6-9H2,1H3,(H,18,20)(H,19,21)/t12?,13-,16?/m0/s1. The van der Waals surface area contributed by atoms with Crippen LogP contribution in [-0.2, 0) is 14.3 Å². The monoisotopic (exact) mass is 338 g/mol. The zero-order chi connectivity index (χ0) is 16.4. The Morgan fingerprint density at radius 1 is 1.22 bits per heavy atom. The van der Waals surface area contributed by atoms with Gasteiger partial charge in [-0.3, -0.25) is 9.59 Å². The van der Waals surface area contributed by atoms with E-state index in [1.165, 1.54) is 7.11 Å². The maximum absolute atomic E-state index is 11.9. The molecule has 23 heavy (non-hydrogen) atoms. The Kier molecular flexibility index (Phi) is 4.46. The highest BCUT2D eigenvalue weighted by molar-refractivity contribution is 6.30. The zero-order valence-corrected chi connectivity index (χ0v) is 13.6. The van der Waals surface area contributed by atoms with Gasteiger partial charge in [0.2, 0.25) is 5.91 Å². The molecule has 2 saturated carbocycles. The average molecular weight is 339 g/mol. The summed E-state index contributed by atoms with van der Waals surface area (Å²) < 4.78 is 10.2. The molecule has 2 aliphatic carbocycles. The normalized spacial score (nSPS) is 27.4. The van der Waals surface area contributed by atoms with Crippen LogP contribution in [0.5, 0.6) is 5.75 Å². The lowest BCUT2D eigenvalue weighted by Gasteiger charge is -2.35. The molecule has 0 radical (unpaired) electrons. The van der Waals surface area contributed by atoms with E-state index < -0.39 is 0 Å². The van der Waals surface area contributed by atoms with Gasteiger partial charge in [-0.15, -0.1) is 0 Å². The number of benzene rings is 1. The van der Waals surface area contributed by atoms with Crippen LogP contribution in [0.4, 0.5) is 0 Å². The van der Waals surface area contributed by atoms with Crippen LogP contribution in [0.25, 0.3) is 0 Å². The summed E-state index contributed by atoms with van der Waals surface area (Å²) in [5, 5.41) is 6.54. The lowest BCUT2D eigenvalue weighted by atomic mass is 9.86. The summed E-state index contributed by atoms with van der Waals surface area (Å²) in [4.78, 5) is 23.4. The summed E-state index contributed by atoms with van der Waals surface area (Å²) in [6.45, 7) is 0.0360. The molecule has 0 bridgehead atoms. The van der Waals surface area contributed by atoms with E-state index in [-0.39, 0.29) is 36.6 Å². The van der Waals surface area contributed by atoms with Crippen LogP contribution in [0.15, 0.2) is 24.3 Å². The SMILES string of the molecule is COCC(=O)NC12CC1[C@@H](NC(=O)COc1ccc(Cl)cc1)C2. The molecule has 1 aromatic rings. The van der Waals surface area contributed by atoms with E-state index >= 15 is 0 Å². The van der Waals surface area contributed by atoms with E-state index in [1.54, 1.807) is 24.3 Å². The third-order valence-electron chi connectivity index (χ3n) is 4.40. The highest BCUT2D eigenvalue weighted by Crippen LogP contribution is 2.59. The van der Waals surface area contributed by atoms with Gasteiger partial charge in [0, 0.05) is 29.6 Å². The second-order valence-electron chi connectivity index (χ2n) is 6.07. The molecule has 3 atom stereocenters. The first kappa shape index (κ1) is 16.1. The fourth-order valence-electron chi connectivity index (χ4n) is 3.19. The van der Waals surface area contributed by atoms with Crippen LogP contribution < -0.4 is 15.4 Å². The van der Waals surface area contributed by atoms with E-state index in [9.17, 15) is 9.59 Å². The number of hydrogen-bond donors (Lipinski definition) is 2. The van der Waals surface area contributed by atoms with Gasteiger partial charge < -0.3 is 20.1 Å². The van der Waals surface area contributed by atoms with Crippen molar-refractivity contribution in [3.8, 4) is 5.75 Å². The number of hydrogen-bond acceptors (Lipinski definition) is 4. The Morgan fingerprint density at radius 3 is 2.61 bits per heavy atom. The molecule has 124 valence electrons. The minimum Gasteiger partial charge on any atom is -0.484 e. The molecule has 2 unspecified atom stereocenters. The van der Waals surface area contributed by atoms with Crippen molar-refractivity contribution >= 4 is 23.4 Å². The van der Waals surface area contributed by atoms with Gasteiger partial charge >= 0.3 is 0 Å². The van der Waals surface area contributed by atoms with Gasteiger partial charge in [-0.2, -0.15) is 0 Å². The van der Waals surface area contributed by atoms with Crippen molar-refractivity contribution in [2.24, 2.45) is 5.92 Å². The second-order valence-corrected chi connectivity index (χ2v) is 6.51. The first-order valence-corrected chi connectivity index (χ1v) is 7.88. The number of carbonyl (C=O) groups excluding carboxylic acids is 2. The molecule has 2 N–H and O–H groups in total. The molecule has 2 aliphatic rings. The second kappa shape index (κ2) is 6.37. The van der Waals surface area contributed by atoms with E-state index in [0.29, 0.717) is 16.7 Å². The smallest absolute Gasteiger partial charge is 0.258 e. The molecule has 0 aromatic heterocycles. The van der Waals surface area contributed by atoms with Gasteiger partial charge in [-0.05, 0) is 37.1 Å². The van der Waals surface area contributed by atoms with Crippen LogP contribution in [0.3, 0.4) is 0 Å². The zero-order valence-electron chi connectivity index (χ0n) is 12.8. The quantitative estimate of drug-likeness (QED) is 0.781. The average Bonchev–Trinajstić information content (AvgIpc) is 3.09. The minimum atomic E-state index is -0.159. The molecule has 0 saturated heterocycles. The Morgan fingerprint density at radius 2 is 1.96 bits per heavy atom. The van der Waals surface area contributed by atoms with E-state index in [0.717, 1.165) is 12.8 Å². The van der Waals surface area contributed by atoms with Gasteiger partial charge in [0.25, 0.3) is 5.91 Å². The predicted octanol–water partition coefficient (Wildman–Crippen LogP) is 1.13. The van der Waals surface area contributed by atoms with Crippen molar-refractivity contribution < 1.29 is 19.1 Å². The summed E-state index contributed by atoms with van der Waals surface area (Å²) in [6, 6.07) is 6.97. The fraction of sp³-hybridized carbons (Fsp3) is 0.500. The minimum absolute atomic E-state index is 0.0338. The van der Waals surface area contributed by atoms with Gasteiger partial charge in [0.05, 0.1) is 0 Å². The Hall–Kier alpha value is -1.79. The molecule has 2 amide bonds. The summed E-state index contributed by atoms with van der Waals surface area (Å²) >= 11 is 5.79. The third-order valence-corrected chi connectivity index (χ3v) is 4.65. The number of rotatable bonds is 7. The molecular formula is C16H19ClN2O4. The molecule has 6 nitrogen and oxygen atoms in total. The van der Waals surface area contributed by atoms with Crippen LogP contribution in [0.2, 0.25) is 5.02 Å². The molecule has 0 aliphatic heterocycles. The van der Waals surface area contributed by atoms with Crippen molar-refractivity contribution in [1.29, 1.82) is 0 Å². The van der Waals surface area contributed by atoms with Crippen molar-refractivity contribution in [1.82, 2.24) is 10.6 Å². The number of halogens is 1. The largest absolute Gasteiger partial charge is 0.484 e. The Balaban J connectivity index is 1.38. The Labute approximate surface area is 139 Å². The number of fused-ring (bicyclic) bond motifs is 1. The topological polar surface area (TPSA) is 76.7 Å². The third kappa shape index (κ3) is 3.59.